The average molecular weight is 330 g/mol. The fourth-order valence-electron chi connectivity index (χ4n) is 1.14. The first-order valence-electron chi connectivity index (χ1n) is 5.35. The summed E-state index contributed by atoms with van der Waals surface area (Å²) in [6.45, 7) is 3.16. The summed E-state index contributed by atoms with van der Waals surface area (Å²) in [6, 6.07) is 2.25. The molecule has 19 heavy (non-hydrogen) atoms. The molecule has 0 saturated carbocycles. The van der Waals surface area contributed by atoms with Crippen LogP contribution in [0.1, 0.15) is 13.8 Å². The lowest BCUT2D eigenvalue weighted by Crippen LogP contribution is -2.36. The fourth-order valence-corrected chi connectivity index (χ4v) is 3.12. The van der Waals surface area contributed by atoms with Gasteiger partial charge in [-0.1, -0.05) is 37.0 Å². The highest BCUT2D eigenvalue weighted by Crippen LogP contribution is 2.29. The van der Waals surface area contributed by atoms with Gasteiger partial charge in [0.05, 0.1) is 10.0 Å². The average Bonchev–Trinajstić information content (AvgIpc) is 2.34. The summed E-state index contributed by atoms with van der Waals surface area (Å²) in [5, 5.41) is 8.25. The number of nitrogens with one attached hydrogen (secondary N) is 1. The van der Waals surface area contributed by atoms with E-state index in [9.17, 15) is 12.8 Å². The second-order valence-corrected chi connectivity index (χ2v) is 7.34. The molecule has 2 N–H and O–H groups in total. The Bertz CT molecular complexity index is 576. The highest BCUT2D eigenvalue weighted by atomic mass is 35.5. The van der Waals surface area contributed by atoms with E-state index >= 15 is 0 Å². The third kappa shape index (κ3) is 4.03. The molecule has 0 saturated heterocycles. The Kier molecular flexibility index (Phi) is 5.20. The van der Waals surface area contributed by atoms with Crippen LogP contribution >= 0.6 is 23.2 Å². The fraction of sp³-hybridized carbons (Fsp3) is 0.455. The minimum Gasteiger partial charge on any atom is -0.396 e. The van der Waals surface area contributed by atoms with Gasteiger partial charge in [-0.3, -0.25) is 0 Å². The quantitative estimate of drug-likeness (QED) is 0.815. The van der Waals surface area contributed by atoms with E-state index < -0.39 is 26.3 Å². The lowest BCUT2D eigenvalue weighted by atomic mass is 9.96. The highest BCUT2D eigenvalue weighted by Gasteiger charge is 2.25. The van der Waals surface area contributed by atoms with Crippen LogP contribution in [0.4, 0.5) is 4.39 Å². The van der Waals surface area contributed by atoms with Crippen molar-refractivity contribution in [1.29, 1.82) is 0 Å². The Hall–Kier alpha value is -0.400. The number of benzene rings is 1. The minimum absolute atomic E-state index is 0.00753. The smallest absolute Gasteiger partial charge is 0.242 e. The van der Waals surface area contributed by atoms with Crippen molar-refractivity contribution in [3.8, 4) is 0 Å². The van der Waals surface area contributed by atoms with Crippen molar-refractivity contribution in [2.75, 3.05) is 13.2 Å². The third-order valence-electron chi connectivity index (χ3n) is 2.46. The minimum atomic E-state index is -3.97. The summed E-state index contributed by atoms with van der Waals surface area (Å²) in [6.07, 6.45) is 0. The van der Waals surface area contributed by atoms with Crippen molar-refractivity contribution in [1.82, 2.24) is 4.72 Å². The van der Waals surface area contributed by atoms with Crippen LogP contribution < -0.4 is 4.72 Å². The summed E-state index contributed by atoms with van der Waals surface area (Å²) in [7, 11) is -3.97. The first kappa shape index (κ1) is 16.7. The van der Waals surface area contributed by atoms with Crippen LogP contribution in [-0.2, 0) is 10.0 Å². The first-order chi connectivity index (χ1) is 8.60. The van der Waals surface area contributed by atoms with Crippen molar-refractivity contribution in [2.45, 2.75) is 18.7 Å². The molecule has 0 radical (unpaired) electrons. The number of rotatable bonds is 5. The molecule has 1 rings (SSSR count). The van der Waals surface area contributed by atoms with Crippen molar-refractivity contribution >= 4 is 33.2 Å². The van der Waals surface area contributed by atoms with E-state index in [0.29, 0.717) is 0 Å². The van der Waals surface area contributed by atoms with Crippen molar-refractivity contribution in [3.63, 3.8) is 0 Å². The first-order valence-corrected chi connectivity index (χ1v) is 7.59. The molecule has 0 aromatic heterocycles. The standard InChI is InChI=1S/C11H14Cl2FNO3S/c1-11(2,6-16)5-15-19(17,18)8-4-3-7(12)10(14)9(8)13/h3-4,15-16H,5-6H2,1-2H3. The lowest BCUT2D eigenvalue weighted by Gasteiger charge is -2.22. The van der Waals surface area contributed by atoms with Gasteiger partial charge in [-0.15, -0.1) is 0 Å². The monoisotopic (exact) mass is 329 g/mol. The van der Waals surface area contributed by atoms with Gasteiger partial charge in [-0.25, -0.2) is 17.5 Å². The predicted octanol–water partition coefficient (Wildman–Crippen LogP) is 2.43. The van der Waals surface area contributed by atoms with Gasteiger partial charge in [0.25, 0.3) is 0 Å². The zero-order valence-electron chi connectivity index (χ0n) is 10.4. The second-order valence-electron chi connectivity index (χ2n) is 4.82. The molecular weight excluding hydrogens is 316 g/mol. The van der Waals surface area contributed by atoms with Gasteiger partial charge in [0.15, 0.2) is 5.82 Å². The Labute approximate surface area is 121 Å². The summed E-state index contributed by atoms with van der Waals surface area (Å²) < 4.78 is 39.7. The molecule has 0 spiro atoms. The molecule has 108 valence electrons. The maximum absolute atomic E-state index is 13.5. The number of halogens is 3. The number of aliphatic hydroxyl groups excluding tert-OH is 1. The van der Waals surface area contributed by atoms with Crippen LogP contribution in [0, 0.1) is 11.2 Å². The predicted molar refractivity (Wildman–Crippen MR) is 72.5 cm³/mol. The normalized spacial score (nSPS) is 12.7. The van der Waals surface area contributed by atoms with Crippen LogP contribution in [0.5, 0.6) is 0 Å². The zero-order chi connectivity index (χ0) is 14.8. The maximum atomic E-state index is 13.5. The van der Waals surface area contributed by atoms with Gasteiger partial charge in [-0.2, -0.15) is 0 Å². The summed E-state index contributed by atoms with van der Waals surface area (Å²) in [5.41, 5.74) is -0.634. The van der Waals surface area contributed by atoms with E-state index in [0.717, 1.165) is 12.1 Å². The number of hydrogen-bond acceptors (Lipinski definition) is 3. The molecular formula is C11H14Cl2FNO3S. The molecule has 0 atom stereocenters. The summed E-state index contributed by atoms with van der Waals surface area (Å²) in [5.74, 6) is -0.979. The molecule has 0 fully saturated rings. The van der Waals surface area contributed by atoms with Crippen LogP contribution in [0.2, 0.25) is 10.0 Å². The molecule has 0 aliphatic carbocycles. The van der Waals surface area contributed by atoms with E-state index in [4.69, 9.17) is 28.3 Å². The van der Waals surface area contributed by atoms with Crippen LogP contribution in [0.3, 0.4) is 0 Å². The van der Waals surface area contributed by atoms with Gasteiger partial charge in [0.1, 0.15) is 4.90 Å². The number of hydrogen-bond donors (Lipinski definition) is 2. The molecule has 4 nitrogen and oxygen atoms in total. The lowest BCUT2D eigenvalue weighted by molar-refractivity contribution is 0.163. The Morgan fingerprint density at radius 1 is 1.37 bits per heavy atom. The topological polar surface area (TPSA) is 66.4 Å². The molecule has 0 aliphatic rings. The Balaban J connectivity index is 3.06. The SMILES string of the molecule is CC(C)(CO)CNS(=O)(=O)c1ccc(Cl)c(F)c1Cl. The van der Waals surface area contributed by atoms with Crippen LogP contribution in [0.25, 0.3) is 0 Å². The molecule has 0 aliphatic heterocycles. The number of sulfonamides is 1. The van der Waals surface area contributed by atoms with E-state index in [1.807, 2.05) is 0 Å². The molecule has 0 amide bonds. The van der Waals surface area contributed by atoms with Crippen molar-refractivity contribution in [2.24, 2.45) is 5.41 Å². The van der Waals surface area contributed by atoms with E-state index in [1.165, 1.54) is 0 Å². The molecule has 0 bridgehead atoms. The number of aliphatic hydroxyl groups is 1. The molecule has 1 aromatic carbocycles. The van der Waals surface area contributed by atoms with E-state index in [-0.39, 0.29) is 23.1 Å². The van der Waals surface area contributed by atoms with Crippen molar-refractivity contribution in [3.05, 3.63) is 28.0 Å². The molecule has 8 heteroatoms. The maximum Gasteiger partial charge on any atom is 0.242 e. The molecule has 0 heterocycles. The van der Waals surface area contributed by atoms with Gasteiger partial charge in [0, 0.05) is 18.6 Å². The van der Waals surface area contributed by atoms with E-state index in [1.54, 1.807) is 13.8 Å². The molecule has 0 unspecified atom stereocenters. The van der Waals surface area contributed by atoms with Gasteiger partial charge in [-0.05, 0) is 12.1 Å². The van der Waals surface area contributed by atoms with Gasteiger partial charge >= 0.3 is 0 Å². The highest BCUT2D eigenvalue weighted by molar-refractivity contribution is 7.89. The summed E-state index contributed by atoms with van der Waals surface area (Å²) in [4.78, 5) is -0.384. The largest absolute Gasteiger partial charge is 0.396 e. The van der Waals surface area contributed by atoms with Crippen LogP contribution in [0.15, 0.2) is 17.0 Å². The Morgan fingerprint density at radius 3 is 2.47 bits per heavy atom. The van der Waals surface area contributed by atoms with Crippen LogP contribution in [-0.4, -0.2) is 26.7 Å². The van der Waals surface area contributed by atoms with Crippen molar-refractivity contribution < 1.29 is 17.9 Å². The summed E-state index contributed by atoms with van der Waals surface area (Å²) >= 11 is 11.1. The van der Waals surface area contributed by atoms with E-state index in [2.05, 4.69) is 4.72 Å². The second kappa shape index (κ2) is 5.93. The van der Waals surface area contributed by atoms with Gasteiger partial charge in [0.2, 0.25) is 10.0 Å². The third-order valence-corrected chi connectivity index (χ3v) is 4.68. The van der Waals surface area contributed by atoms with Gasteiger partial charge < -0.3 is 5.11 Å². The Morgan fingerprint density at radius 2 is 1.95 bits per heavy atom. The zero-order valence-corrected chi connectivity index (χ0v) is 12.7. The molecule has 1 aromatic rings.